The molecule has 0 aromatic carbocycles. The van der Waals surface area contributed by atoms with Crippen LogP contribution in [0.25, 0.3) is 0 Å². The van der Waals surface area contributed by atoms with Gasteiger partial charge in [-0.15, -0.1) is 24.0 Å². The molecule has 8 nitrogen and oxygen atoms in total. The number of halogens is 1. The van der Waals surface area contributed by atoms with Crippen molar-refractivity contribution in [1.82, 2.24) is 20.4 Å². The second-order valence-corrected chi connectivity index (χ2v) is 9.83. The summed E-state index contributed by atoms with van der Waals surface area (Å²) in [7, 11) is 3.60. The number of nitrogens with one attached hydrogen (secondary N) is 2. The molecule has 0 spiro atoms. The van der Waals surface area contributed by atoms with Crippen LogP contribution in [0.15, 0.2) is 4.99 Å². The highest BCUT2D eigenvalue weighted by molar-refractivity contribution is 14.0. The van der Waals surface area contributed by atoms with E-state index in [2.05, 4.69) is 20.5 Å². The average Bonchev–Trinajstić information content (AvgIpc) is 2.73. The maximum Gasteiger partial charge on any atom is 0.410 e. The lowest BCUT2D eigenvalue weighted by atomic mass is 9.95. The highest BCUT2D eigenvalue weighted by atomic mass is 127. The molecule has 2 fully saturated rings. The molecule has 0 bridgehead atoms. The molecule has 0 aromatic rings. The fourth-order valence-corrected chi connectivity index (χ4v) is 4.31. The summed E-state index contributed by atoms with van der Waals surface area (Å²) < 4.78 is 10.7. The van der Waals surface area contributed by atoms with Gasteiger partial charge in [-0.1, -0.05) is 0 Å². The molecular weight excluding hydrogens is 521 g/mol. The molecule has 2 rings (SSSR count). The fraction of sp³-hybridized carbons (Fsp3) is 0.913. The molecule has 1 atom stereocenters. The number of hydrogen-bond donors (Lipinski definition) is 2. The Labute approximate surface area is 212 Å². The van der Waals surface area contributed by atoms with Crippen LogP contribution < -0.4 is 10.6 Å². The van der Waals surface area contributed by atoms with Gasteiger partial charge in [-0.25, -0.2) is 4.79 Å². The first-order valence-electron chi connectivity index (χ1n) is 12.0. The zero-order valence-electron chi connectivity index (χ0n) is 20.8. The van der Waals surface area contributed by atoms with Crippen LogP contribution in [0.1, 0.15) is 59.3 Å². The van der Waals surface area contributed by atoms with Crippen LogP contribution in [0.3, 0.4) is 0 Å². The van der Waals surface area contributed by atoms with Crippen molar-refractivity contribution in [2.24, 2.45) is 10.9 Å². The number of carbonyl (C=O) groups is 1. The Morgan fingerprint density at radius 1 is 1.16 bits per heavy atom. The number of amides is 1. The third-order valence-corrected chi connectivity index (χ3v) is 5.99. The van der Waals surface area contributed by atoms with Crippen LogP contribution in [0.5, 0.6) is 0 Å². The van der Waals surface area contributed by atoms with Gasteiger partial charge in [0.25, 0.3) is 0 Å². The molecule has 0 saturated carbocycles. The van der Waals surface area contributed by atoms with Gasteiger partial charge in [0.2, 0.25) is 0 Å². The molecule has 2 aliphatic rings. The quantitative estimate of drug-likeness (QED) is 0.203. The van der Waals surface area contributed by atoms with E-state index in [1.807, 2.05) is 32.7 Å². The zero-order valence-corrected chi connectivity index (χ0v) is 23.2. The summed E-state index contributed by atoms with van der Waals surface area (Å²) in [6.07, 6.45) is 6.43. The van der Waals surface area contributed by atoms with E-state index < -0.39 is 5.60 Å². The van der Waals surface area contributed by atoms with Crippen LogP contribution in [-0.2, 0) is 9.47 Å². The fourth-order valence-electron chi connectivity index (χ4n) is 4.31. The molecule has 1 unspecified atom stereocenters. The molecular formula is C23H46IN5O3. The molecule has 0 aromatic heterocycles. The second kappa shape index (κ2) is 15.2. The van der Waals surface area contributed by atoms with Crippen molar-refractivity contribution >= 4 is 36.0 Å². The van der Waals surface area contributed by atoms with Crippen molar-refractivity contribution in [3.8, 4) is 0 Å². The minimum Gasteiger partial charge on any atom is -0.444 e. The summed E-state index contributed by atoms with van der Waals surface area (Å²) in [6.45, 7) is 12.4. The second-order valence-electron chi connectivity index (χ2n) is 9.83. The van der Waals surface area contributed by atoms with Gasteiger partial charge < -0.3 is 29.9 Å². The van der Waals surface area contributed by atoms with E-state index in [4.69, 9.17) is 9.47 Å². The first kappa shape index (κ1) is 29.2. The van der Waals surface area contributed by atoms with Crippen molar-refractivity contribution in [2.45, 2.75) is 70.9 Å². The van der Waals surface area contributed by atoms with Gasteiger partial charge in [0.05, 0.1) is 0 Å². The monoisotopic (exact) mass is 567 g/mol. The molecule has 2 aliphatic heterocycles. The largest absolute Gasteiger partial charge is 0.444 e. The maximum atomic E-state index is 12.4. The Bertz CT molecular complexity index is 562. The molecule has 32 heavy (non-hydrogen) atoms. The van der Waals surface area contributed by atoms with Crippen molar-refractivity contribution in [3.63, 3.8) is 0 Å². The highest BCUT2D eigenvalue weighted by Gasteiger charge is 2.27. The van der Waals surface area contributed by atoms with E-state index in [1.165, 1.54) is 0 Å². The maximum absolute atomic E-state index is 12.4. The summed E-state index contributed by atoms with van der Waals surface area (Å²) in [5.41, 5.74) is -0.441. The Morgan fingerprint density at radius 3 is 2.50 bits per heavy atom. The predicted octanol–water partition coefficient (Wildman–Crippen LogP) is 3.31. The van der Waals surface area contributed by atoms with Gasteiger partial charge in [-0.2, -0.15) is 0 Å². The topological polar surface area (TPSA) is 78.4 Å². The van der Waals surface area contributed by atoms with Crippen molar-refractivity contribution in [2.75, 3.05) is 60.0 Å². The molecule has 9 heteroatoms. The molecule has 1 amide bonds. The number of guanidine groups is 1. The van der Waals surface area contributed by atoms with E-state index in [-0.39, 0.29) is 30.1 Å². The van der Waals surface area contributed by atoms with E-state index in [0.29, 0.717) is 12.0 Å². The number of ether oxygens (including phenoxy) is 2. The van der Waals surface area contributed by atoms with E-state index >= 15 is 0 Å². The summed E-state index contributed by atoms with van der Waals surface area (Å²) in [6, 6.07) is 0.474. The Kier molecular flexibility index (Phi) is 13.8. The minimum atomic E-state index is -0.441. The summed E-state index contributed by atoms with van der Waals surface area (Å²) in [5, 5.41) is 7.06. The summed E-state index contributed by atoms with van der Waals surface area (Å²) >= 11 is 0. The van der Waals surface area contributed by atoms with Gasteiger partial charge in [0.15, 0.2) is 5.96 Å². The Hall–Kier alpha value is -0.810. The molecule has 2 N–H and O–H groups in total. The molecule has 0 radical (unpaired) electrons. The van der Waals surface area contributed by atoms with Crippen molar-refractivity contribution in [3.05, 3.63) is 0 Å². The number of nitrogens with zero attached hydrogens (tertiary/aromatic N) is 3. The summed E-state index contributed by atoms with van der Waals surface area (Å²) in [4.78, 5) is 21.2. The van der Waals surface area contributed by atoms with Crippen LogP contribution in [0.2, 0.25) is 0 Å². The molecule has 0 aliphatic carbocycles. The predicted molar refractivity (Wildman–Crippen MR) is 141 cm³/mol. The average molecular weight is 568 g/mol. The van der Waals surface area contributed by atoms with Crippen LogP contribution in [0, 0.1) is 5.92 Å². The molecule has 188 valence electrons. The SMILES string of the molecule is CN=C(NCCC1CCCN(C(=O)OC(C)(C)C)C1)NC1CCN(CCCOC)CC1.I. The van der Waals surface area contributed by atoms with Crippen LogP contribution in [-0.4, -0.2) is 93.5 Å². The summed E-state index contributed by atoms with van der Waals surface area (Å²) in [5.74, 6) is 1.39. The first-order chi connectivity index (χ1) is 14.8. The number of carbonyl (C=O) groups excluding carboxylic acids is 1. The number of hydrogen-bond acceptors (Lipinski definition) is 5. The molecule has 2 heterocycles. The number of rotatable bonds is 8. The van der Waals surface area contributed by atoms with Crippen LogP contribution >= 0.6 is 24.0 Å². The van der Waals surface area contributed by atoms with Crippen LogP contribution in [0.4, 0.5) is 4.79 Å². The smallest absolute Gasteiger partial charge is 0.410 e. The van der Waals surface area contributed by atoms with Gasteiger partial charge in [-0.3, -0.25) is 4.99 Å². The van der Waals surface area contributed by atoms with Crippen molar-refractivity contribution < 1.29 is 14.3 Å². The lowest BCUT2D eigenvalue weighted by molar-refractivity contribution is 0.0162. The van der Waals surface area contributed by atoms with Gasteiger partial charge in [-0.05, 0) is 65.2 Å². The molecule has 2 saturated heterocycles. The van der Waals surface area contributed by atoms with E-state index in [0.717, 1.165) is 90.4 Å². The Morgan fingerprint density at radius 2 is 1.88 bits per heavy atom. The zero-order chi connectivity index (χ0) is 22.7. The number of likely N-dealkylation sites (tertiary alicyclic amines) is 2. The van der Waals surface area contributed by atoms with Gasteiger partial charge in [0, 0.05) is 66.1 Å². The number of piperidine rings is 2. The van der Waals surface area contributed by atoms with Gasteiger partial charge in [0.1, 0.15) is 5.60 Å². The van der Waals surface area contributed by atoms with E-state index in [1.54, 1.807) is 7.11 Å². The number of aliphatic imine (C=N–C) groups is 1. The number of methoxy groups -OCH3 is 1. The third-order valence-electron chi connectivity index (χ3n) is 5.99. The van der Waals surface area contributed by atoms with Gasteiger partial charge >= 0.3 is 6.09 Å². The first-order valence-corrected chi connectivity index (χ1v) is 12.0. The highest BCUT2D eigenvalue weighted by Crippen LogP contribution is 2.21. The van der Waals surface area contributed by atoms with E-state index in [9.17, 15) is 4.79 Å². The minimum absolute atomic E-state index is 0. The lowest BCUT2D eigenvalue weighted by Crippen LogP contribution is -2.49. The Balaban J connectivity index is 0.00000512. The third kappa shape index (κ3) is 11.4. The van der Waals surface area contributed by atoms with Crippen molar-refractivity contribution in [1.29, 1.82) is 0 Å². The standard InChI is InChI=1S/C23H45N5O3.HI/c1-23(2,3)31-22(29)28-14-6-8-19(18-28)9-12-25-21(24-4)26-20-10-15-27(16-11-20)13-7-17-30-5;/h19-20H,6-18H2,1-5H3,(H2,24,25,26);1H. The lowest BCUT2D eigenvalue weighted by Gasteiger charge is -2.34. The normalized spacial score (nSPS) is 21.1.